The third kappa shape index (κ3) is 4.37. The maximum absolute atomic E-state index is 6.76. The second-order valence-corrected chi connectivity index (χ2v) is 9.77. The Hall–Kier alpha value is -2.00. The van der Waals surface area contributed by atoms with Crippen LogP contribution >= 0.6 is 0 Å². The van der Waals surface area contributed by atoms with Crippen LogP contribution in [-0.2, 0) is 6.42 Å². The highest BCUT2D eigenvalue weighted by Crippen LogP contribution is 2.44. The van der Waals surface area contributed by atoms with Gasteiger partial charge in [0.15, 0.2) is 0 Å². The SMILES string of the molecule is NC1CCCC(C[C@@H]2Cc3ccccc3C2Oc2cccc(N3CCCCC3)c2)C1. The Balaban J connectivity index is 1.35. The lowest BCUT2D eigenvalue weighted by Crippen LogP contribution is -2.30. The summed E-state index contributed by atoms with van der Waals surface area (Å²) in [6.45, 7) is 2.33. The van der Waals surface area contributed by atoms with Crippen molar-refractivity contribution in [1.82, 2.24) is 0 Å². The summed E-state index contributed by atoms with van der Waals surface area (Å²) in [7, 11) is 0. The van der Waals surface area contributed by atoms with Crippen LogP contribution < -0.4 is 15.4 Å². The number of anilines is 1. The van der Waals surface area contributed by atoms with Gasteiger partial charge in [0.2, 0.25) is 0 Å². The van der Waals surface area contributed by atoms with E-state index < -0.39 is 0 Å². The van der Waals surface area contributed by atoms with Crippen LogP contribution in [0.15, 0.2) is 48.5 Å². The molecule has 0 aromatic heterocycles. The molecule has 0 bridgehead atoms. The summed E-state index contributed by atoms with van der Waals surface area (Å²) < 4.78 is 6.76. The van der Waals surface area contributed by atoms with Gasteiger partial charge in [-0.15, -0.1) is 0 Å². The maximum Gasteiger partial charge on any atom is 0.127 e. The normalized spacial score (nSPS) is 28.9. The highest BCUT2D eigenvalue weighted by atomic mass is 16.5. The van der Waals surface area contributed by atoms with Gasteiger partial charge in [-0.3, -0.25) is 0 Å². The zero-order valence-electron chi connectivity index (χ0n) is 18.1. The van der Waals surface area contributed by atoms with E-state index in [0.29, 0.717) is 12.0 Å². The van der Waals surface area contributed by atoms with Gasteiger partial charge in [0.25, 0.3) is 0 Å². The molecule has 4 atom stereocenters. The largest absolute Gasteiger partial charge is 0.485 e. The molecule has 30 heavy (non-hydrogen) atoms. The van der Waals surface area contributed by atoms with Crippen LogP contribution in [-0.4, -0.2) is 19.1 Å². The molecular formula is C27H36N2O. The van der Waals surface area contributed by atoms with Crippen molar-refractivity contribution in [2.24, 2.45) is 17.6 Å². The first kappa shape index (κ1) is 19.9. The Morgan fingerprint density at radius 3 is 2.67 bits per heavy atom. The third-order valence-electron chi connectivity index (χ3n) is 7.53. The summed E-state index contributed by atoms with van der Waals surface area (Å²) in [4.78, 5) is 2.51. The molecule has 3 heteroatoms. The number of ether oxygens (including phenoxy) is 1. The van der Waals surface area contributed by atoms with Gasteiger partial charge in [0.1, 0.15) is 11.9 Å². The van der Waals surface area contributed by atoms with E-state index in [9.17, 15) is 0 Å². The van der Waals surface area contributed by atoms with E-state index in [0.717, 1.165) is 18.1 Å². The van der Waals surface area contributed by atoms with Gasteiger partial charge in [0, 0.05) is 36.8 Å². The first-order chi connectivity index (χ1) is 14.8. The van der Waals surface area contributed by atoms with Gasteiger partial charge < -0.3 is 15.4 Å². The highest BCUT2D eigenvalue weighted by Gasteiger charge is 2.36. The van der Waals surface area contributed by atoms with Crippen LogP contribution in [0.5, 0.6) is 5.75 Å². The molecule has 1 saturated heterocycles. The van der Waals surface area contributed by atoms with E-state index in [1.165, 1.54) is 81.3 Å². The first-order valence-corrected chi connectivity index (χ1v) is 12.1. The zero-order valence-corrected chi connectivity index (χ0v) is 18.1. The molecule has 3 aliphatic rings. The predicted octanol–water partition coefficient (Wildman–Crippen LogP) is 5.88. The Morgan fingerprint density at radius 1 is 0.933 bits per heavy atom. The molecule has 160 valence electrons. The number of piperidine rings is 1. The van der Waals surface area contributed by atoms with E-state index in [1.807, 2.05) is 0 Å². The van der Waals surface area contributed by atoms with Gasteiger partial charge in [-0.2, -0.15) is 0 Å². The number of rotatable bonds is 5. The summed E-state index contributed by atoms with van der Waals surface area (Å²) in [5.74, 6) is 2.32. The average molecular weight is 405 g/mol. The molecule has 3 unspecified atom stereocenters. The fourth-order valence-electron chi connectivity index (χ4n) is 6.03. The minimum atomic E-state index is 0.163. The second-order valence-electron chi connectivity index (χ2n) is 9.77. The van der Waals surface area contributed by atoms with Crippen LogP contribution in [0.3, 0.4) is 0 Å². The highest BCUT2D eigenvalue weighted by molar-refractivity contribution is 5.51. The number of nitrogens with two attached hydrogens (primary N) is 1. The Bertz CT molecular complexity index is 844. The number of hydrogen-bond acceptors (Lipinski definition) is 3. The van der Waals surface area contributed by atoms with E-state index in [1.54, 1.807) is 0 Å². The number of benzene rings is 2. The van der Waals surface area contributed by atoms with Crippen LogP contribution in [0.4, 0.5) is 5.69 Å². The number of nitrogens with zero attached hydrogens (tertiary/aromatic N) is 1. The van der Waals surface area contributed by atoms with Crippen molar-refractivity contribution in [3.05, 3.63) is 59.7 Å². The lowest BCUT2D eigenvalue weighted by molar-refractivity contribution is 0.122. The molecule has 5 rings (SSSR count). The zero-order chi connectivity index (χ0) is 20.3. The minimum absolute atomic E-state index is 0.163. The summed E-state index contributed by atoms with van der Waals surface area (Å²) in [5.41, 5.74) is 10.5. The maximum atomic E-state index is 6.76. The Kier molecular flexibility index (Phi) is 5.99. The molecular weight excluding hydrogens is 368 g/mol. The van der Waals surface area contributed by atoms with Gasteiger partial charge in [-0.1, -0.05) is 43.2 Å². The van der Waals surface area contributed by atoms with Crippen molar-refractivity contribution in [3.8, 4) is 5.75 Å². The van der Waals surface area contributed by atoms with E-state index >= 15 is 0 Å². The van der Waals surface area contributed by atoms with Crippen molar-refractivity contribution in [3.63, 3.8) is 0 Å². The third-order valence-corrected chi connectivity index (χ3v) is 7.53. The van der Waals surface area contributed by atoms with Crippen LogP contribution in [0.2, 0.25) is 0 Å². The molecule has 3 nitrogen and oxygen atoms in total. The summed E-state index contributed by atoms with van der Waals surface area (Å²) >= 11 is 0. The molecule has 2 N–H and O–H groups in total. The van der Waals surface area contributed by atoms with Gasteiger partial charge in [0.05, 0.1) is 0 Å². The van der Waals surface area contributed by atoms with Crippen molar-refractivity contribution in [2.45, 2.75) is 69.9 Å². The van der Waals surface area contributed by atoms with Crippen LogP contribution in [0.1, 0.15) is 68.6 Å². The first-order valence-electron chi connectivity index (χ1n) is 12.1. The van der Waals surface area contributed by atoms with E-state index in [4.69, 9.17) is 10.5 Å². The topological polar surface area (TPSA) is 38.5 Å². The molecule has 2 aliphatic carbocycles. The molecule has 1 saturated carbocycles. The molecule has 1 heterocycles. The summed E-state index contributed by atoms with van der Waals surface area (Å²) in [5, 5.41) is 0. The predicted molar refractivity (Wildman–Crippen MR) is 124 cm³/mol. The molecule has 2 aromatic rings. The van der Waals surface area contributed by atoms with Crippen LogP contribution in [0.25, 0.3) is 0 Å². The average Bonchev–Trinajstić information content (AvgIpc) is 3.11. The van der Waals surface area contributed by atoms with Crippen molar-refractivity contribution in [1.29, 1.82) is 0 Å². The molecule has 2 fully saturated rings. The fraction of sp³-hybridized carbons (Fsp3) is 0.556. The molecule has 0 radical (unpaired) electrons. The number of hydrogen-bond donors (Lipinski definition) is 1. The second kappa shape index (κ2) is 9.01. The van der Waals surface area contributed by atoms with Crippen LogP contribution in [0, 0.1) is 11.8 Å². The van der Waals surface area contributed by atoms with Gasteiger partial charge in [-0.05, 0) is 74.1 Å². The Labute approximate surface area is 181 Å². The molecule has 0 spiro atoms. The van der Waals surface area contributed by atoms with Crippen molar-refractivity contribution >= 4 is 5.69 Å². The molecule has 1 aliphatic heterocycles. The monoisotopic (exact) mass is 404 g/mol. The lowest BCUT2D eigenvalue weighted by atomic mass is 9.79. The van der Waals surface area contributed by atoms with E-state index in [2.05, 4.69) is 53.4 Å². The molecule has 2 aromatic carbocycles. The quantitative estimate of drug-likeness (QED) is 0.676. The van der Waals surface area contributed by atoms with Crippen molar-refractivity contribution < 1.29 is 4.74 Å². The summed E-state index contributed by atoms with van der Waals surface area (Å²) in [6.07, 6.45) is 11.5. The number of fused-ring (bicyclic) bond motifs is 1. The van der Waals surface area contributed by atoms with Gasteiger partial charge >= 0.3 is 0 Å². The molecule has 0 amide bonds. The standard InChI is InChI=1S/C27H36N2O/c28-23-10-6-8-20(17-23)16-22-18-21-9-2-3-13-26(21)27(22)30-25-12-7-11-24(19-25)29-14-4-1-5-15-29/h2-3,7,9,11-13,19-20,22-23,27H,1,4-6,8,10,14-18,28H2/t20?,22-,23?,27?/m1/s1. The minimum Gasteiger partial charge on any atom is -0.485 e. The van der Waals surface area contributed by atoms with E-state index in [-0.39, 0.29) is 6.10 Å². The summed E-state index contributed by atoms with van der Waals surface area (Å²) in [6, 6.07) is 18.1. The van der Waals surface area contributed by atoms with Gasteiger partial charge in [-0.25, -0.2) is 0 Å². The fourth-order valence-corrected chi connectivity index (χ4v) is 6.03. The van der Waals surface area contributed by atoms with Crippen molar-refractivity contribution in [2.75, 3.05) is 18.0 Å². The Morgan fingerprint density at radius 2 is 1.80 bits per heavy atom. The lowest BCUT2D eigenvalue weighted by Gasteiger charge is -2.31. The smallest absolute Gasteiger partial charge is 0.127 e.